The molecule has 18 heavy (non-hydrogen) atoms. The molecule has 0 saturated heterocycles. The molecule has 1 heterocycles. The summed E-state index contributed by atoms with van der Waals surface area (Å²) in [5.41, 5.74) is 6.98. The van der Waals surface area contributed by atoms with Crippen LogP contribution in [0.15, 0.2) is 40.6 Å². The predicted octanol–water partition coefficient (Wildman–Crippen LogP) is 2.66. The Morgan fingerprint density at radius 1 is 1.28 bits per heavy atom. The fraction of sp³-hybridized carbons (Fsp3) is 0.231. The Balaban J connectivity index is 2.22. The molecule has 1 aromatic carbocycles. The molecule has 0 aliphatic carbocycles. The van der Waals surface area contributed by atoms with E-state index in [2.05, 4.69) is 0 Å². The van der Waals surface area contributed by atoms with Crippen molar-refractivity contribution in [3.05, 3.63) is 46.2 Å². The number of nitrogen functional groups attached to an aromatic ring is 1. The van der Waals surface area contributed by atoms with Crippen LogP contribution in [-0.4, -0.2) is 14.2 Å². The second-order valence-corrected chi connectivity index (χ2v) is 7.30. The van der Waals surface area contributed by atoms with Crippen LogP contribution in [0.4, 0.5) is 5.69 Å². The number of benzene rings is 1. The van der Waals surface area contributed by atoms with E-state index in [1.165, 1.54) is 0 Å². The highest BCUT2D eigenvalue weighted by molar-refractivity contribution is 7.91. The Morgan fingerprint density at radius 2 is 2.06 bits per heavy atom. The summed E-state index contributed by atoms with van der Waals surface area (Å²) in [7, 11) is -3.31. The first-order valence-corrected chi connectivity index (χ1v) is 8.13. The topological polar surface area (TPSA) is 60.2 Å². The van der Waals surface area contributed by atoms with Crippen LogP contribution in [0.3, 0.4) is 0 Å². The van der Waals surface area contributed by atoms with Gasteiger partial charge in [0.25, 0.3) is 0 Å². The van der Waals surface area contributed by atoms with Gasteiger partial charge in [-0.2, -0.15) is 0 Å². The van der Waals surface area contributed by atoms with Gasteiger partial charge in [-0.3, -0.25) is 0 Å². The number of anilines is 1. The van der Waals surface area contributed by atoms with E-state index in [4.69, 9.17) is 5.73 Å². The van der Waals surface area contributed by atoms with Crippen LogP contribution in [0, 0.1) is 6.92 Å². The molecule has 0 spiro atoms. The quantitative estimate of drug-likeness (QED) is 0.876. The summed E-state index contributed by atoms with van der Waals surface area (Å²) in [6.45, 7) is 1.86. The monoisotopic (exact) mass is 281 g/mol. The van der Waals surface area contributed by atoms with Crippen molar-refractivity contribution in [1.82, 2.24) is 0 Å². The maximum Gasteiger partial charge on any atom is 0.180 e. The van der Waals surface area contributed by atoms with Crippen LogP contribution in [-0.2, 0) is 16.3 Å². The van der Waals surface area contributed by atoms with Gasteiger partial charge in [-0.15, -0.1) is 11.3 Å². The average Bonchev–Trinajstić information content (AvgIpc) is 2.83. The minimum absolute atomic E-state index is 0.0984. The minimum atomic E-state index is -3.31. The molecule has 0 atom stereocenters. The number of hydrogen-bond donors (Lipinski definition) is 1. The molecule has 2 rings (SSSR count). The van der Waals surface area contributed by atoms with Crippen LogP contribution in [0.2, 0.25) is 0 Å². The summed E-state index contributed by atoms with van der Waals surface area (Å²) >= 11 is 1.57. The highest BCUT2D eigenvalue weighted by atomic mass is 32.2. The lowest BCUT2D eigenvalue weighted by Gasteiger charge is -2.07. The van der Waals surface area contributed by atoms with Crippen molar-refractivity contribution in [3.8, 4) is 0 Å². The zero-order valence-corrected chi connectivity index (χ0v) is 11.7. The summed E-state index contributed by atoms with van der Waals surface area (Å²) in [5.74, 6) is 0.0984. The molecule has 0 bridgehead atoms. The van der Waals surface area contributed by atoms with Crippen LogP contribution in [0.25, 0.3) is 0 Å². The highest BCUT2D eigenvalue weighted by Crippen LogP contribution is 2.22. The molecule has 2 aromatic rings. The molecule has 5 heteroatoms. The molecule has 3 nitrogen and oxygen atoms in total. The van der Waals surface area contributed by atoms with Crippen LogP contribution in [0.5, 0.6) is 0 Å². The summed E-state index contributed by atoms with van der Waals surface area (Å²) < 4.78 is 24.5. The van der Waals surface area contributed by atoms with Crippen molar-refractivity contribution >= 4 is 26.9 Å². The van der Waals surface area contributed by atoms with Gasteiger partial charge in [0.15, 0.2) is 9.84 Å². The molecule has 0 fully saturated rings. The predicted molar refractivity (Wildman–Crippen MR) is 75.7 cm³/mol. The van der Waals surface area contributed by atoms with Crippen molar-refractivity contribution in [2.24, 2.45) is 0 Å². The Kier molecular flexibility index (Phi) is 3.73. The largest absolute Gasteiger partial charge is 0.398 e. The van der Waals surface area contributed by atoms with Crippen LogP contribution < -0.4 is 5.73 Å². The van der Waals surface area contributed by atoms with Gasteiger partial charge in [-0.25, -0.2) is 8.42 Å². The van der Waals surface area contributed by atoms with Crippen molar-refractivity contribution in [1.29, 1.82) is 0 Å². The summed E-state index contributed by atoms with van der Waals surface area (Å²) in [6, 6.07) is 8.97. The maximum absolute atomic E-state index is 12.2. The van der Waals surface area contributed by atoms with Gasteiger partial charge in [0.1, 0.15) is 0 Å². The van der Waals surface area contributed by atoms with Crippen molar-refractivity contribution in [2.75, 3.05) is 11.5 Å². The highest BCUT2D eigenvalue weighted by Gasteiger charge is 2.17. The Labute approximate surface area is 111 Å². The van der Waals surface area contributed by atoms with Crippen molar-refractivity contribution in [2.45, 2.75) is 18.2 Å². The van der Waals surface area contributed by atoms with Gasteiger partial charge in [0.05, 0.1) is 16.3 Å². The van der Waals surface area contributed by atoms with E-state index < -0.39 is 9.84 Å². The van der Waals surface area contributed by atoms with Gasteiger partial charge < -0.3 is 5.73 Å². The fourth-order valence-electron chi connectivity index (χ4n) is 1.71. The van der Waals surface area contributed by atoms with Crippen molar-refractivity contribution < 1.29 is 8.42 Å². The van der Waals surface area contributed by atoms with Gasteiger partial charge >= 0.3 is 0 Å². The van der Waals surface area contributed by atoms with E-state index in [1.807, 2.05) is 30.5 Å². The smallest absolute Gasteiger partial charge is 0.180 e. The zero-order valence-electron chi connectivity index (χ0n) is 10.1. The normalized spacial score (nSPS) is 11.6. The van der Waals surface area contributed by atoms with E-state index in [1.54, 1.807) is 23.5 Å². The number of sulfone groups is 1. The van der Waals surface area contributed by atoms with E-state index in [9.17, 15) is 8.42 Å². The number of thiophene rings is 1. The zero-order chi connectivity index (χ0) is 13.2. The Bertz CT molecular complexity index is 631. The lowest BCUT2D eigenvalue weighted by molar-refractivity contribution is 0.596. The molecule has 0 unspecified atom stereocenters. The van der Waals surface area contributed by atoms with Crippen LogP contribution in [0.1, 0.15) is 10.4 Å². The first kappa shape index (κ1) is 13.1. The number of hydrogen-bond acceptors (Lipinski definition) is 4. The average molecular weight is 281 g/mol. The molecular formula is C13H15NO2S2. The first-order chi connectivity index (χ1) is 8.49. The van der Waals surface area contributed by atoms with Gasteiger partial charge in [-0.05, 0) is 42.5 Å². The van der Waals surface area contributed by atoms with Gasteiger partial charge in [-0.1, -0.05) is 12.1 Å². The molecule has 0 amide bonds. The standard InChI is InChI=1S/C13H15NO2S2/c1-10-4-5-12(14)13(9-10)18(15,16)8-6-11-3-2-7-17-11/h2-5,7,9H,6,8,14H2,1H3. The number of aryl methyl sites for hydroxylation is 2. The third kappa shape index (κ3) is 2.91. The van der Waals surface area contributed by atoms with Gasteiger partial charge in [0, 0.05) is 4.88 Å². The summed E-state index contributed by atoms with van der Waals surface area (Å²) in [6.07, 6.45) is 0.535. The third-order valence-electron chi connectivity index (χ3n) is 2.70. The fourth-order valence-corrected chi connectivity index (χ4v) is 4.05. The summed E-state index contributed by atoms with van der Waals surface area (Å²) in [4.78, 5) is 1.32. The van der Waals surface area contributed by atoms with Crippen LogP contribution >= 0.6 is 11.3 Å². The van der Waals surface area contributed by atoms with E-state index >= 15 is 0 Å². The molecule has 1 aromatic heterocycles. The molecule has 0 aliphatic heterocycles. The lowest BCUT2D eigenvalue weighted by Crippen LogP contribution is -2.11. The second kappa shape index (κ2) is 5.12. The lowest BCUT2D eigenvalue weighted by atomic mass is 10.2. The Hall–Kier alpha value is -1.33. The second-order valence-electron chi connectivity index (χ2n) is 4.19. The Morgan fingerprint density at radius 3 is 2.72 bits per heavy atom. The van der Waals surface area contributed by atoms with E-state index in [-0.39, 0.29) is 10.6 Å². The summed E-state index contributed by atoms with van der Waals surface area (Å²) in [5, 5.41) is 1.95. The third-order valence-corrected chi connectivity index (χ3v) is 5.40. The number of rotatable bonds is 4. The maximum atomic E-state index is 12.2. The molecule has 96 valence electrons. The van der Waals surface area contributed by atoms with E-state index in [0.717, 1.165) is 10.4 Å². The first-order valence-electron chi connectivity index (χ1n) is 5.60. The SMILES string of the molecule is Cc1ccc(N)c(S(=O)(=O)CCc2cccs2)c1. The van der Waals surface area contributed by atoms with E-state index in [0.29, 0.717) is 12.1 Å². The molecule has 0 aliphatic rings. The minimum Gasteiger partial charge on any atom is -0.398 e. The number of nitrogens with two attached hydrogens (primary N) is 1. The van der Waals surface area contributed by atoms with Crippen molar-refractivity contribution in [3.63, 3.8) is 0 Å². The molecule has 0 radical (unpaired) electrons. The molecule has 0 saturated carbocycles. The molecular weight excluding hydrogens is 266 g/mol. The molecule has 2 N–H and O–H groups in total. The van der Waals surface area contributed by atoms with Gasteiger partial charge in [0.2, 0.25) is 0 Å².